The summed E-state index contributed by atoms with van der Waals surface area (Å²) in [7, 11) is 3.51. The lowest BCUT2D eigenvalue weighted by molar-refractivity contribution is 0.178. The van der Waals surface area contributed by atoms with Gasteiger partial charge in [-0.3, -0.25) is 4.68 Å². The molecule has 0 saturated heterocycles. The van der Waals surface area contributed by atoms with Crippen LogP contribution in [0, 0.1) is 5.13 Å². The van der Waals surface area contributed by atoms with Crippen LogP contribution in [0.5, 0.6) is 0 Å². The SMILES string of the molecule is COCc1cc(NCc2ccc(F)s2)nn1C. The number of aryl methyl sites for hydroxylation is 1. The van der Waals surface area contributed by atoms with Gasteiger partial charge in [0.15, 0.2) is 5.13 Å². The number of anilines is 1. The molecular weight excluding hydrogens is 241 g/mol. The van der Waals surface area contributed by atoms with E-state index in [2.05, 4.69) is 10.4 Å². The molecular formula is C11H14FN3OS. The molecule has 4 nitrogen and oxygen atoms in total. The van der Waals surface area contributed by atoms with Crippen molar-refractivity contribution in [1.29, 1.82) is 0 Å². The third-order valence-corrected chi connectivity index (χ3v) is 3.22. The first kappa shape index (κ1) is 12.1. The van der Waals surface area contributed by atoms with Gasteiger partial charge >= 0.3 is 0 Å². The number of nitrogens with zero attached hydrogens (tertiary/aromatic N) is 2. The Morgan fingerprint density at radius 1 is 1.53 bits per heavy atom. The minimum absolute atomic E-state index is 0.164. The van der Waals surface area contributed by atoms with Crippen molar-refractivity contribution in [3.8, 4) is 0 Å². The van der Waals surface area contributed by atoms with Crippen LogP contribution in [0.3, 0.4) is 0 Å². The predicted molar refractivity (Wildman–Crippen MR) is 65.5 cm³/mol. The molecule has 2 rings (SSSR count). The lowest BCUT2D eigenvalue weighted by Crippen LogP contribution is -2.00. The van der Waals surface area contributed by atoms with Gasteiger partial charge in [-0.05, 0) is 12.1 Å². The molecule has 1 N–H and O–H groups in total. The van der Waals surface area contributed by atoms with Gasteiger partial charge in [0.25, 0.3) is 0 Å². The van der Waals surface area contributed by atoms with Gasteiger partial charge < -0.3 is 10.1 Å². The highest BCUT2D eigenvalue weighted by atomic mass is 32.1. The fourth-order valence-corrected chi connectivity index (χ4v) is 2.17. The number of halogens is 1. The van der Waals surface area contributed by atoms with Crippen LogP contribution in [-0.2, 0) is 24.9 Å². The Bertz CT molecular complexity index is 495. The molecule has 92 valence electrons. The van der Waals surface area contributed by atoms with Crippen LogP contribution in [0.15, 0.2) is 18.2 Å². The standard InChI is InChI=1S/C11H14FN3OS/c1-15-8(7-16-2)5-11(14-15)13-6-9-3-4-10(12)17-9/h3-5H,6-7H2,1-2H3,(H,13,14). The molecule has 0 unspecified atom stereocenters. The van der Waals surface area contributed by atoms with E-state index in [0.717, 1.165) is 27.7 Å². The Morgan fingerprint density at radius 2 is 2.35 bits per heavy atom. The van der Waals surface area contributed by atoms with Gasteiger partial charge in [-0.15, -0.1) is 11.3 Å². The number of aromatic nitrogens is 2. The van der Waals surface area contributed by atoms with Crippen LogP contribution in [-0.4, -0.2) is 16.9 Å². The van der Waals surface area contributed by atoms with Crippen molar-refractivity contribution >= 4 is 17.2 Å². The van der Waals surface area contributed by atoms with Crippen LogP contribution in [0.1, 0.15) is 10.6 Å². The van der Waals surface area contributed by atoms with Gasteiger partial charge in [-0.25, -0.2) is 0 Å². The Kier molecular flexibility index (Phi) is 3.75. The van der Waals surface area contributed by atoms with E-state index in [9.17, 15) is 4.39 Å². The van der Waals surface area contributed by atoms with Crippen molar-refractivity contribution in [3.05, 3.63) is 33.9 Å². The van der Waals surface area contributed by atoms with E-state index in [0.29, 0.717) is 13.2 Å². The van der Waals surface area contributed by atoms with Crippen LogP contribution in [0.25, 0.3) is 0 Å². The van der Waals surface area contributed by atoms with E-state index in [-0.39, 0.29) is 5.13 Å². The zero-order valence-corrected chi connectivity index (χ0v) is 10.6. The molecule has 6 heteroatoms. The van der Waals surface area contributed by atoms with Crippen LogP contribution in [0.4, 0.5) is 10.2 Å². The van der Waals surface area contributed by atoms with E-state index in [4.69, 9.17) is 4.74 Å². The Morgan fingerprint density at radius 3 is 3.00 bits per heavy atom. The summed E-state index contributed by atoms with van der Waals surface area (Å²) in [6, 6.07) is 5.16. The summed E-state index contributed by atoms with van der Waals surface area (Å²) in [6.45, 7) is 1.11. The van der Waals surface area contributed by atoms with Crippen LogP contribution in [0.2, 0.25) is 0 Å². The first-order valence-corrected chi connectivity index (χ1v) is 6.00. The summed E-state index contributed by atoms with van der Waals surface area (Å²) in [5, 5.41) is 7.27. The second-order valence-electron chi connectivity index (χ2n) is 3.64. The number of hydrogen-bond donors (Lipinski definition) is 1. The van der Waals surface area contributed by atoms with Gasteiger partial charge in [0.2, 0.25) is 0 Å². The zero-order chi connectivity index (χ0) is 12.3. The molecule has 2 aromatic heterocycles. The molecule has 0 amide bonds. The van der Waals surface area contributed by atoms with E-state index < -0.39 is 0 Å². The summed E-state index contributed by atoms with van der Waals surface area (Å²) in [5.74, 6) is 0.772. The summed E-state index contributed by atoms with van der Waals surface area (Å²) in [5.41, 5.74) is 0.993. The molecule has 0 radical (unpaired) electrons. The van der Waals surface area contributed by atoms with E-state index in [1.165, 1.54) is 6.07 Å². The van der Waals surface area contributed by atoms with Crippen molar-refractivity contribution in [2.75, 3.05) is 12.4 Å². The quantitative estimate of drug-likeness (QED) is 0.891. The maximum absolute atomic E-state index is 12.8. The highest BCUT2D eigenvalue weighted by molar-refractivity contribution is 7.10. The van der Waals surface area contributed by atoms with Crippen LogP contribution >= 0.6 is 11.3 Å². The first-order chi connectivity index (χ1) is 8.19. The number of thiophene rings is 1. The minimum Gasteiger partial charge on any atom is -0.378 e. The lowest BCUT2D eigenvalue weighted by Gasteiger charge is -1.98. The molecule has 0 bridgehead atoms. The Labute approximate surface area is 103 Å². The molecule has 0 aliphatic rings. The maximum atomic E-state index is 12.8. The van der Waals surface area contributed by atoms with Gasteiger partial charge in [0.1, 0.15) is 5.82 Å². The molecule has 0 atom stereocenters. The molecule has 2 heterocycles. The number of rotatable bonds is 5. The number of nitrogens with one attached hydrogen (secondary N) is 1. The lowest BCUT2D eigenvalue weighted by atomic mass is 10.4. The Hall–Kier alpha value is -1.40. The van der Waals surface area contributed by atoms with Gasteiger partial charge in [0.05, 0.1) is 18.8 Å². The van der Waals surface area contributed by atoms with Crippen molar-refractivity contribution in [1.82, 2.24) is 9.78 Å². The Balaban J connectivity index is 1.97. The zero-order valence-electron chi connectivity index (χ0n) is 9.74. The fourth-order valence-electron chi connectivity index (χ4n) is 1.50. The molecule has 0 saturated carbocycles. The smallest absolute Gasteiger partial charge is 0.176 e. The predicted octanol–water partition coefficient (Wildman–Crippen LogP) is 2.38. The highest BCUT2D eigenvalue weighted by Gasteiger charge is 2.05. The summed E-state index contributed by atoms with van der Waals surface area (Å²) < 4.78 is 19.6. The van der Waals surface area contributed by atoms with Crippen molar-refractivity contribution in [2.24, 2.45) is 7.05 Å². The number of methoxy groups -OCH3 is 1. The second kappa shape index (κ2) is 5.29. The average Bonchev–Trinajstić information content (AvgIpc) is 2.84. The molecule has 0 spiro atoms. The van der Waals surface area contributed by atoms with Gasteiger partial charge in [-0.2, -0.15) is 9.49 Å². The van der Waals surface area contributed by atoms with Crippen molar-refractivity contribution in [2.45, 2.75) is 13.2 Å². The maximum Gasteiger partial charge on any atom is 0.176 e. The molecule has 0 aliphatic carbocycles. The summed E-state index contributed by atoms with van der Waals surface area (Å²) in [6.07, 6.45) is 0. The minimum atomic E-state index is -0.164. The first-order valence-electron chi connectivity index (χ1n) is 5.19. The summed E-state index contributed by atoms with van der Waals surface area (Å²) >= 11 is 1.14. The average molecular weight is 255 g/mol. The summed E-state index contributed by atoms with van der Waals surface area (Å²) in [4.78, 5) is 0.946. The van der Waals surface area contributed by atoms with Crippen molar-refractivity contribution in [3.63, 3.8) is 0 Å². The van der Waals surface area contributed by atoms with E-state index in [1.807, 2.05) is 13.1 Å². The largest absolute Gasteiger partial charge is 0.378 e. The second-order valence-corrected chi connectivity index (χ2v) is 4.76. The molecule has 17 heavy (non-hydrogen) atoms. The highest BCUT2D eigenvalue weighted by Crippen LogP contribution is 2.16. The van der Waals surface area contributed by atoms with Crippen LogP contribution < -0.4 is 5.32 Å². The number of ether oxygens (including phenoxy) is 1. The van der Waals surface area contributed by atoms with Gasteiger partial charge in [0, 0.05) is 25.1 Å². The molecule has 2 aromatic rings. The van der Waals surface area contributed by atoms with Gasteiger partial charge in [-0.1, -0.05) is 0 Å². The molecule has 0 fully saturated rings. The fraction of sp³-hybridized carbons (Fsp3) is 0.364. The van der Waals surface area contributed by atoms with E-state index in [1.54, 1.807) is 17.9 Å². The third-order valence-electron chi connectivity index (χ3n) is 2.34. The van der Waals surface area contributed by atoms with E-state index >= 15 is 0 Å². The molecule has 0 aromatic carbocycles. The monoisotopic (exact) mass is 255 g/mol. The normalized spacial score (nSPS) is 10.8. The third kappa shape index (κ3) is 3.04. The molecule has 0 aliphatic heterocycles. The number of hydrogen-bond acceptors (Lipinski definition) is 4. The topological polar surface area (TPSA) is 39.1 Å². The van der Waals surface area contributed by atoms with Crippen molar-refractivity contribution < 1.29 is 9.13 Å².